The molecule has 5 heteroatoms. The fourth-order valence-corrected chi connectivity index (χ4v) is 8.01. The van der Waals surface area contributed by atoms with E-state index in [1.54, 1.807) is 0 Å². The summed E-state index contributed by atoms with van der Waals surface area (Å²) in [5.74, 6) is 1.86. The third-order valence-corrected chi connectivity index (χ3v) is 10.4. The van der Waals surface area contributed by atoms with Crippen molar-refractivity contribution in [2.45, 2.75) is 0 Å². The number of aromatic nitrogens is 4. The number of fused-ring (bicyclic) bond motifs is 9. The van der Waals surface area contributed by atoms with Gasteiger partial charge in [-0.25, -0.2) is 15.0 Å². The number of furan rings is 1. The second-order valence-corrected chi connectivity index (χ2v) is 13.4. The normalized spacial score (nSPS) is 11.8. The van der Waals surface area contributed by atoms with Crippen LogP contribution in [-0.4, -0.2) is 19.9 Å². The zero-order valence-electron chi connectivity index (χ0n) is 28.4. The van der Waals surface area contributed by atoms with E-state index in [1.807, 2.05) is 48.8 Å². The Balaban J connectivity index is 1.18. The van der Waals surface area contributed by atoms with Crippen molar-refractivity contribution in [3.63, 3.8) is 0 Å². The van der Waals surface area contributed by atoms with Crippen molar-refractivity contribution in [2.24, 2.45) is 0 Å². The van der Waals surface area contributed by atoms with Gasteiger partial charge in [-0.3, -0.25) is 4.98 Å². The Morgan fingerprint density at radius 3 is 1.91 bits per heavy atom. The molecule has 0 fully saturated rings. The van der Waals surface area contributed by atoms with E-state index in [4.69, 9.17) is 19.4 Å². The molecule has 0 atom stereocenters. The monoisotopic (exact) mass is 676 g/mol. The molecule has 0 N–H and O–H groups in total. The van der Waals surface area contributed by atoms with E-state index in [-0.39, 0.29) is 0 Å². The zero-order chi connectivity index (χ0) is 34.9. The fraction of sp³-hybridized carbons (Fsp3) is 0. The second kappa shape index (κ2) is 11.7. The molecular formula is C48H28N4O. The summed E-state index contributed by atoms with van der Waals surface area (Å²) in [6.45, 7) is 0. The molecule has 0 radical (unpaired) electrons. The molecule has 0 saturated heterocycles. The van der Waals surface area contributed by atoms with Gasteiger partial charge in [0.25, 0.3) is 0 Å². The lowest BCUT2D eigenvalue weighted by atomic mass is 9.92. The molecule has 0 aliphatic heterocycles. The van der Waals surface area contributed by atoms with E-state index in [2.05, 4.69) is 126 Å². The van der Waals surface area contributed by atoms with Crippen molar-refractivity contribution < 1.29 is 4.42 Å². The van der Waals surface area contributed by atoms with Crippen LogP contribution < -0.4 is 0 Å². The van der Waals surface area contributed by atoms with Gasteiger partial charge < -0.3 is 4.42 Å². The van der Waals surface area contributed by atoms with Crippen molar-refractivity contribution in [1.82, 2.24) is 19.9 Å². The largest absolute Gasteiger partial charge is 0.456 e. The van der Waals surface area contributed by atoms with Gasteiger partial charge in [-0.2, -0.15) is 0 Å². The summed E-state index contributed by atoms with van der Waals surface area (Å²) in [6.07, 6.45) is 3.81. The Morgan fingerprint density at radius 1 is 0.358 bits per heavy atom. The molecule has 0 aliphatic carbocycles. The van der Waals surface area contributed by atoms with Crippen LogP contribution in [0.25, 0.3) is 110 Å². The molecule has 53 heavy (non-hydrogen) atoms. The van der Waals surface area contributed by atoms with E-state index >= 15 is 0 Å². The van der Waals surface area contributed by atoms with Gasteiger partial charge in [-0.1, -0.05) is 127 Å². The number of para-hydroxylation sites is 1. The Bertz CT molecular complexity index is 3220. The van der Waals surface area contributed by atoms with Crippen molar-refractivity contribution in [1.29, 1.82) is 0 Å². The molecular weight excluding hydrogens is 649 g/mol. The van der Waals surface area contributed by atoms with Crippen LogP contribution in [0.5, 0.6) is 0 Å². The van der Waals surface area contributed by atoms with Crippen molar-refractivity contribution in [3.8, 4) is 45.3 Å². The Hall–Kier alpha value is -7.24. The average molecular weight is 677 g/mol. The number of benzene rings is 8. The highest BCUT2D eigenvalue weighted by atomic mass is 16.3. The first kappa shape index (κ1) is 29.5. The minimum Gasteiger partial charge on any atom is -0.456 e. The van der Waals surface area contributed by atoms with Gasteiger partial charge >= 0.3 is 0 Å². The van der Waals surface area contributed by atoms with Gasteiger partial charge in [0.1, 0.15) is 11.2 Å². The smallest absolute Gasteiger partial charge is 0.164 e. The summed E-state index contributed by atoms with van der Waals surface area (Å²) in [5.41, 5.74) is 6.82. The average Bonchev–Trinajstić information content (AvgIpc) is 3.62. The third-order valence-electron chi connectivity index (χ3n) is 10.4. The van der Waals surface area contributed by atoms with Crippen LogP contribution in [0.4, 0.5) is 0 Å². The maximum atomic E-state index is 6.28. The molecule has 11 aromatic rings. The summed E-state index contributed by atoms with van der Waals surface area (Å²) in [7, 11) is 0. The van der Waals surface area contributed by atoms with Crippen LogP contribution in [0.1, 0.15) is 0 Å². The maximum Gasteiger partial charge on any atom is 0.164 e. The summed E-state index contributed by atoms with van der Waals surface area (Å²) in [5, 5.41) is 11.1. The predicted molar refractivity (Wildman–Crippen MR) is 217 cm³/mol. The van der Waals surface area contributed by atoms with E-state index in [0.29, 0.717) is 17.5 Å². The molecule has 0 saturated carbocycles. The van der Waals surface area contributed by atoms with E-state index < -0.39 is 0 Å². The van der Waals surface area contributed by atoms with Gasteiger partial charge in [0.05, 0.1) is 0 Å². The topological polar surface area (TPSA) is 64.7 Å². The SMILES string of the molecule is c1ccc(-c2nc(-c3ccc(-c4cccc5oc6ccccc6c45)c4ccccc34)nc(-c3cc4ccncc4c4c3ccc3ccccc34)n2)cc1. The quantitative estimate of drug-likeness (QED) is 0.174. The van der Waals surface area contributed by atoms with Crippen molar-refractivity contribution in [3.05, 3.63) is 170 Å². The van der Waals surface area contributed by atoms with Crippen LogP contribution in [-0.2, 0) is 0 Å². The van der Waals surface area contributed by atoms with Crippen LogP contribution >= 0.6 is 0 Å². The van der Waals surface area contributed by atoms with Crippen LogP contribution in [0.2, 0.25) is 0 Å². The van der Waals surface area contributed by atoms with Gasteiger partial charge in [0.15, 0.2) is 17.5 Å². The molecule has 0 amide bonds. The molecule has 246 valence electrons. The minimum absolute atomic E-state index is 0.618. The summed E-state index contributed by atoms with van der Waals surface area (Å²) in [4.78, 5) is 20.2. The maximum absolute atomic E-state index is 6.28. The summed E-state index contributed by atoms with van der Waals surface area (Å²) in [6, 6.07) is 54.7. The molecule has 3 heterocycles. The van der Waals surface area contributed by atoms with E-state index in [0.717, 1.165) is 82.1 Å². The predicted octanol–water partition coefficient (Wildman–Crippen LogP) is 12.4. The van der Waals surface area contributed by atoms with Crippen molar-refractivity contribution in [2.75, 3.05) is 0 Å². The first-order valence-corrected chi connectivity index (χ1v) is 17.7. The van der Waals surface area contributed by atoms with Crippen LogP contribution in [0, 0.1) is 0 Å². The lowest BCUT2D eigenvalue weighted by Crippen LogP contribution is -2.01. The molecule has 5 nitrogen and oxygen atoms in total. The van der Waals surface area contributed by atoms with Gasteiger partial charge in [0, 0.05) is 45.2 Å². The Morgan fingerprint density at radius 2 is 1.04 bits per heavy atom. The molecule has 8 aromatic carbocycles. The first-order chi connectivity index (χ1) is 26.3. The third kappa shape index (κ3) is 4.64. The number of nitrogens with zero attached hydrogens (tertiary/aromatic N) is 4. The van der Waals surface area contributed by atoms with E-state index in [9.17, 15) is 0 Å². The van der Waals surface area contributed by atoms with Gasteiger partial charge in [-0.15, -0.1) is 0 Å². The zero-order valence-corrected chi connectivity index (χ0v) is 28.4. The molecule has 0 unspecified atom stereocenters. The standard InChI is InChI=1S/C48H28N4O/c1-2-12-30(13-3-1)46-50-47(52-48(51-46)40-27-31-25-26-49-28-41(31)44-32-14-5-4-11-29(32)21-22-37(40)44)38-24-23-35(33-15-6-7-16-34(33)38)36-18-10-20-43-45(36)39-17-8-9-19-42(39)53-43/h1-28H. The first-order valence-electron chi connectivity index (χ1n) is 17.7. The molecule has 11 rings (SSSR count). The number of hydrogen-bond donors (Lipinski definition) is 0. The molecule has 0 bridgehead atoms. The minimum atomic E-state index is 0.618. The van der Waals surface area contributed by atoms with Gasteiger partial charge in [-0.05, 0) is 79.2 Å². The van der Waals surface area contributed by atoms with Crippen molar-refractivity contribution >= 4 is 65.0 Å². The molecule has 0 aliphatic rings. The summed E-state index contributed by atoms with van der Waals surface area (Å²) >= 11 is 0. The Labute approximate surface area is 303 Å². The number of hydrogen-bond acceptors (Lipinski definition) is 5. The number of rotatable bonds is 4. The highest BCUT2D eigenvalue weighted by Crippen LogP contribution is 2.42. The number of pyridine rings is 1. The van der Waals surface area contributed by atoms with Crippen LogP contribution in [0.3, 0.4) is 0 Å². The molecule has 3 aromatic heterocycles. The highest BCUT2D eigenvalue weighted by molar-refractivity contribution is 6.23. The van der Waals surface area contributed by atoms with Crippen LogP contribution in [0.15, 0.2) is 175 Å². The summed E-state index contributed by atoms with van der Waals surface area (Å²) < 4.78 is 6.28. The molecule has 0 spiro atoms. The highest BCUT2D eigenvalue weighted by Gasteiger charge is 2.20. The van der Waals surface area contributed by atoms with E-state index in [1.165, 1.54) is 10.8 Å². The second-order valence-electron chi connectivity index (χ2n) is 13.4. The fourth-order valence-electron chi connectivity index (χ4n) is 8.01. The van der Waals surface area contributed by atoms with Gasteiger partial charge in [0.2, 0.25) is 0 Å². The lowest BCUT2D eigenvalue weighted by Gasteiger charge is -2.15. The Kier molecular flexibility index (Phi) is 6.48. The lowest BCUT2D eigenvalue weighted by molar-refractivity contribution is 0.669.